The monoisotopic (exact) mass is 232 g/mol. The number of hydrogen-bond acceptors (Lipinski definition) is 3. The molecule has 1 heterocycles. The molecular weight excluding hydrogens is 216 g/mol. The van der Waals surface area contributed by atoms with Crippen LogP contribution in [0.2, 0.25) is 0 Å². The van der Waals surface area contributed by atoms with E-state index in [1.165, 1.54) is 0 Å². The smallest absolute Gasteiger partial charge is 0.224 e. The lowest BCUT2D eigenvalue weighted by Crippen LogP contribution is -2.19. The summed E-state index contributed by atoms with van der Waals surface area (Å²) in [4.78, 5) is 11.7. The number of aromatic nitrogens is 2. The van der Waals surface area contributed by atoms with Gasteiger partial charge in [0.15, 0.2) is 0 Å². The summed E-state index contributed by atoms with van der Waals surface area (Å²) in [5.74, 6) is -0.0237. The van der Waals surface area contributed by atoms with Gasteiger partial charge in [-0.1, -0.05) is 12.1 Å². The highest BCUT2D eigenvalue weighted by atomic mass is 16.1. The van der Waals surface area contributed by atoms with E-state index in [0.717, 1.165) is 16.6 Å². The number of para-hydroxylation sites is 1. The molecule has 17 heavy (non-hydrogen) atoms. The van der Waals surface area contributed by atoms with Crippen molar-refractivity contribution >= 4 is 22.5 Å². The Kier molecular flexibility index (Phi) is 3.39. The van der Waals surface area contributed by atoms with E-state index in [4.69, 9.17) is 5.73 Å². The van der Waals surface area contributed by atoms with Gasteiger partial charge in [-0.3, -0.25) is 9.89 Å². The SMILES string of the molecule is CC(N)CCC(=O)Nc1cccc2cn[nH]c12. The molecule has 0 spiro atoms. The molecule has 90 valence electrons. The van der Waals surface area contributed by atoms with Gasteiger partial charge in [-0.2, -0.15) is 5.10 Å². The highest BCUT2D eigenvalue weighted by Crippen LogP contribution is 2.20. The molecule has 0 radical (unpaired) electrons. The quantitative estimate of drug-likeness (QED) is 0.749. The van der Waals surface area contributed by atoms with Crippen molar-refractivity contribution in [1.82, 2.24) is 10.2 Å². The molecule has 1 aromatic carbocycles. The third-order valence-electron chi connectivity index (χ3n) is 2.58. The van der Waals surface area contributed by atoms with Crippen LogP contribution in [-0.4, -0.2) is 22.1 Å². The van der Waals surface area contributed by atoms with Crippen molar-refractivity contribution in [2.75, 3.05) is 5.32 Å². The predicted octanol–water partition coefficient (Wildman–Crippen LogP) is 1.63. The highest BCUT2D eigenvalue weighted by molar-refractivity contribution is 6.00. The number of carbonyl (C=O) groups is 1. The summed E-state index contributed by atoms with van der Waals surface area (Å²) in [7, 11) is 0. The van der Waals surface area contributed by atoms with E-state index in [-0.39, 0.29) is 11.9 Å². The maximum Gasteiger partial charge on any atom is 0.224 e. The fraction of sp³-hybridized carbons (Fsp3) is 0.333. The fourth-order valence-corrected chi connectivity index (χ4v) is 1.64. The number of hydrogen-bond donors (Lipinski definition) is 3. The van der Waals surface area contributed by atoms with Crippen molar-refractivity contribution in [3.8, 4) is 0 Å². The summed E-state index contributed by atoms with van der Waals surface area (Å²) >= 11 is 0. The van der Waals surface area contributed by atoms with Crippen LogP contribution < -0.4 is 11.1 Å². The minimum atomic E-state index is -0.0237. The summed E-state index contributed by atoms with van der Waals surface area (Å²) in [6.07, 6.45) is 2.85. The van der Waals surface area contributed by atoms with Gasteiger partial charge in [0.2, 0.25) is 5.91 Å². The van der Waals surface area contributed by atoms with Crippen molar-refractivity contribution in [3.05, 3.63) is 24.4 Å². The van der Waals surface area contributed by atoms with Gasteiger partial charge in [0.1, 0.15) is 0 Å². The Morgan fingerprint density at radius 2 is 2.41 bits per heavy atom. The first-order chi connectivity index (χ1) is 8.16. The largest absolute Gasteiger partial charge is 0.328 e. The lowest BCUT2D eigenvalue weighted by atomic mass is 10.2. The van der Waals surface area contributed by atoms with Gasteiger partial charge < -0.3 is 11.1 Å². The molecule has 1 atom stereocenters. The van der Waals surface area contributed by atoms with Crippen LogP contribution in [0.25, 0.3) is 10.9 Å². The van der Waals surface area contributed by atoms with Gasteiger partial charge in [0.05, 0.1) is 17.4 Å². The third kappa shape index (κ3) is 2.82. The molecule has 5 heteroatoms. The Morgan fingerprint density at radius 1 is 1.59 bits per heavy atom. The van der Waals surface area contributed by atoms with E-state index in [0.29, 0.717) is 12.8 Å². The minimum absolute atomic E-state index is 0.0237. The summed E-state index contributed by atoms with van der Waals surface area (Å²) in [6.45, 7) is 1.89. The molecular formula is C12H16N4O. The number of anilines is 1. The topological polar surface area (TPSA) is 83.8 Å². The van der Waals surface area contributed by atoms with Crippen LogP contribution >= 0.6 is 0 Å². The van der Waals surface area contributed by atoms with Crippen LogP contribution in [0.4, 0.5) is 5.69 Å². The van der Waals surface area contributed by atoms with Gasteiger partial charge in [0.25, 0.3) is 0 Å². The lowest BCUT2D eigenvalue weighted by molar-refractivity contribution is -0.116. The van der Waals surface area contributed by atoms with Crippen LogP contribution in [-0.2, 0) is 4.79 Å². The van der Waals surface area contributed by atoms with Gasteiger partial charge in [-0.15, -0.1) is 0 Å². The van der Waals surface area contributed by atoms with Gasteiger partial charge in [-0.25, -0.2) is 0 Å². The third-order valence-corrected chi connectivity index (χ3v) is 2.58. The van der Waals surface area contributed by atoms with E-state index in [1.807, 2.05) is 25.1 Å². The molecule has 2 aromatic rings. The number of nitrogens with zero attached hydrogens (tertiary/aromatic N) is 1. The molecule has 5 nitrogen and oxygen atoms in total. The molecule has 1 unspecified atom stereocenters. The zero-order valence-electron chi connectivity index (χ0n) is 9.73. The molecule has 0 saturated heterocycles. The Labute approximate surface area is 99.4 Å². The minimum Gasteiger partial charge on any atom is -0.328 e. The van der Waals surface area contributed by atoms with Crippen LogP contribution in [0.15, 0.2) is 24.4 Å². The van der Waals surface area contributed by atoms with Crippen LogP contribution in [0.5, 0.6) is 0 Å². The molecule has 2 rings (SSSR count). The van der Waals surface area contributed by atoms with Crippen molar-refractivity contribution in [2.45, 2.75) is 25.8 Å². The Morgan fingerprint density at radius 3 is 3.18 bits per heavy atom. The van der Waals surface area contributed by atoms with Crippen LogP contribution in [0.1, 0.15) is 19.8 Å². The summed E-state index contributed by atoms with van der Waals surface area (Å²) < 4.78 is 0. The number of carbonyl (C=O) groups excluding carboxylic acids is 1. The van der Waals surface area contributed by atoms with Gasteiger partial charge >= 0.3 is 0 Å². The number of fused-ring (bicyclic) bond motifs is 1. The van der Waals surface area contributed by atoms with Crippen molar-refractivity contribution in [2.24, 2.45) is 5.73 Å². The van der Waals surface area contributed by atoms with E-state index < -0.39 is 0 Å². The van der Waals surface area contributed by atoms with Crippen molar-refractivity contribution < 1.29 is 4.79 Å². The molecule has 0 aliphatic rings. The number of rotatable bonds is 4. The van der Waals surface area contributed by atoms with Crippen LogP contribution in [0.3, 0.4) is 0 Å². The van der Waals surface area contributed by atoms with E-state index in [1.54, 1.807) is 6.20 Å². The Hall–Kier alpha value is -1.88. The number of aromatic amines is 1. The normalized spacial score (nSPS) is 12.6. The lowest BCUT2D eigenvalue weighted by Gasteiger charge is -2.07. The van der Waals surface area contributed by atoms with Gasteiger partial charge in [0, 0.05) is 17.8 Å². The van der Waals surface area contributed by atoms with Crippen LogP contribution in [0, 0.1) is 0 Å². The van der Waals surface area contributed by atoms with E-state index in [9.17, 15) is 4.79 Å². The van der Waals surface area contributed by atoms with Gasteiger partial charge in [-0.05, 0) is 19.4 Å². The van der Waals surface area contributed by atoms with E-state index >= 15 is 0 Å². The summed E-state index contributed by atoms with van der Waals surface area (Å²) in [6, 6.07) is 5.73. The first kappa shape index (κ1) is 11.6. The number of benzene rings is 1. The highest BCUT2D eigenvalue weighted by Gasteiger charge is 2.07. The average molecular weight is 232 g/mol. The second-order valence-electron chi connectivity index (χ2n) is 4.20. The molecule has 0 aliphatic carbocycles. The first-order valence-corrected chi connectivity index (χ1v) is 5.64. The number of amides is 1. The summed E-state index contributed by atoms with van der Waals surface area (Å²) in [5, 5.41) is 10.7. The van der Waals surface area contributed by atoms with Crippen molar-refractivity contribution in [3.63, 3.8) is 0 Å². The standard InChI is InChI=1S/C12H16N4O/c1-8(13)5-6-11(17)15-10-4-2-3-9-7-14-16-12(9)10/h2-4,7-8H,5-6,13H2,1H3,(H,14,16)(H,15,17). The maximum absolute atomic E-state index is 11.7. The fourth-order valence-electron chi connectivity index (χ4n) is 1.64. The number of nitrogens with two attached hydrogens (primary N) is 1. The number of nitrogens with one attached hydrogen (secondary N) is 2. The molecule has 0 fully saturated rings. The molecule has 0 saturated carbocycles. The number of H-pyrrole nitrogens is 1. The average Bonchev–Trinajstić information content (AvgIpc) is 2.75. The first-order valence-electron chi connectivity index (χ1n) is 5.64. The molecule has 0 bridgehead atoms. The molecule has 0 aliphatic heterocycles. The second-order valence-corrected chi connectivity index (χ2v) is 4.20. The zero-order chi connectivity index (χ0) is 12.3. The predicted molar refractivity (Wildman–Crippen MR) is 67.6 cm³/mol. The van der Waals surface area contributed by atoms with E-state index in [2.05, 4.69) is 15.5 Å². The second kappa shape index (κ2) is 4.97. The molecule has 1 aromatic heterocycles. The molecule has 1 amide bonds. The van der Waals surface area contributed by atoms with Crippen molar-refractivity contribution in [1.29, 1.82) is 0 Å². The zero-order valence-corrected chi connectivity index (χ0v) is 9.73. The summed E-state index contributed by atoms with van der Waals surface area (Å²) in [5.41, 5.74) is 7.22. The molecule has 4 N–H and O–H groups in total. The maximum atomic E-state index is 11.7. The Bertz CT molecular complexity index is 518. The Balaban J connectivity index is 2.08.